The largest absolute Gasteiger partial charge is 0.441 e. The zero-order chi connectivity index (χ0) is 13.9. The number of benzene rings is 1. The molecule has 108 valence electrons. The van der Waals surface area contributed by atoms with Crippen molar-refractivity contribution in [3.05, 3.63) is 34.4 Å². The summed E-state index contributed by atoms with van der Waals surface area (Å²) in [5.74, 6) is 0. The van der Waals surface area contributed by atoms with Crippen LogP contribution >= 0.6 is 0 Å². The number of amides is 1. The molecule has 1 atom stereocenters. The molecule has 1 unspecified atom stereocenters. The molecule has 1 aromatic carbocycles. The summed E-state index contributed by atoms with van der Waals surface area (Å²) < 4.78 is 5.60. The van der Waals surface area contributed by atoms with Crippen molar-refractivity contribution in [3.63, 3.8) is 0 Å². The van der Waals surface area contributed by atoms with Crippen molar-refractivity contribution in [1.29, 1.82) is 0 Å². The fraction of sp³-hybridized carbons (Fsp3) is 0.588. The van der Waals surface area contributed by atoms with Gasteiger partial charge in [-0.25, -0.2) is 4.79 Å². The van der Waals surface area contributed by atoms with Gasteiger partial charge in [-0.2, -0.15) is 0 Å². The molecule has 0 spiro atoms. The molecular formula is C17H23NO2. The number of rotatable bonds is 2. The molecule has 2 aliphatic rings. The second-order valence-electron chi connectivity index (χ2n) is 5.84. The van der Waals surface area contributed by atoms with Crippen LogP contribution in [-0.2, 0) is 24.0 Å². The molecule has 0 saturated carbocycles. The Morgan fingerprint density at radius 3 is 2.60 bits per heavy atom. The molecule has 0 aromatic heterocycles. The lowest BCUT2D eigenvalue weighted by Crippen LogP contribution is -2.27. The Labute approximate surface area is 120 Å². The normalized spacial score (nSPS) is 20.8. The quantitative estimate of drug-likeness (QED) is 0.892. The molecule has 1 N–H and O–H groups in total. The number of carbonyl (C=O) groups excluding carboxylic acids is 1. The summed E-state index contributed by atoms with van der Waals surface area (Å²) in [6.45, 7) is 2.52. The van der Waals surface area contributed by atoms with Gasteiger partial charge in [0.1, 0.15) is 6.10 Å². The molecule has 3 rings (SSSR count). The van der Waals surface area contributed by atoms with Crippen LogP contribution in [0.15, 0.2) is 12.1 Å². The lowest BCUT2D eigenvalue weighted by Gasteiger charge is -2.28. The number of fused-ring (bicyclic) bond motifs is 2. The van der Waals surface area contributed by atoms with Gasteiger partial charge in [0.2, 0.25) is 0 Å². The van der Waals surface area contributed by atoms with Crippen molar-refractivity contribution >= 4 is 6.09 Å². The maximum atomic E-state index is 11.7. The van der Waals surface area contributed by atoms with E-state index in [0.717, 1.165) is 19.3 Å². The van der Waals surface area contributed by atoms with Gasteiger partial charge in [-0.1, -0.05) is 12.1 Å². The van der Waals surface area contributed by atoms with E-state index < -0.39 is 0 Å². The minimum absolute atomic E-state index is 0.0578. The van der Waals surface area contributed by atoms with Crippen LogP contribution in [0.2, 0.25) is 0 Å². The van der Waals surface area contributed by atoms with Gasteiger partial charge in [-0.15, -0.1) is 0 Å². The predicted octanol–water partition coefficient (Wildman–Crippen LogP) is 3.69. The average Bonchev–Trinajstić information content (AvgIpc) is 2.46. The Hall–Kier alpha value is -1.51. The SMILES string of the molecule is CCNC(=O)OC1CCCc2cc3c(cc21)CCCC3. The van der Waals surface area contributed by atoms with Crippen LogP contribution < -0.4 is 5.32 Å². The fourth-order valence-electron chi connectivity index (χ4n) is 3.44. The Morgan fingerprint density at radius 1 is 1.15 bits per heavy atom. The zero-order valence-electron chi connectivity index (χ0n) is 12.2. The van der Waals surface area contributed by atoms with Gasteiger partial charge in [0.25, 0.3) is 0 Å². The van der Waals surface area contributed by atoms with E-state index in [1.54, 1.807) is 0 Å². The van der Waals surface area contributed by atoms with Crippen LogP contribution in [0, 0.1) is 0 Å². The Balaban J connectivity index is 1.85. The molecule has 0 radical (unpaired) electrons. The maximum absolute atomic E-state index is 11.7. The first-order valence-corrected chi connectivity index (χ1v) is 7.87. The zero-order valence-corrected chi connectivity index (χ0v) is 12.2. The third kappa shape index (κ3) is 2.67. The van der Waals surface area contributed by atoms with Crippen LogP contribution in [0.4, 0.5) is 4.79 Å². The third-order valence-corrected chi connectivity index (χ3v) is 4.43. The lowest BCUT2D eigenvalue weighted by atomic mass is 9.82. The highest BCUT2D eigenvalue weighted by Crippen LogP contribution is 2.36. The minimum atomic E-state index is -0.289. The van der Waals surface area contributed by atoms with Crippen molar-refractivity contribution in [3.8, 4) is 0 Å². The first-order valence-electron chi connectivity index (χ1n) is 7.87. The molecular weight excluding hydrogens is 250 g/mol. The Kier molecular flexibility index (Phi) is 3.95. The second kappa shape index (κ2) is 5.86. The third-order valence-electron chi connectivity index (χ3n) is 4.43. The summed E-state index contributed by atoms with van der Waals surface area (Å²) in [7, 11) is 0. The number of hydrogen-bond donors (Lipinski definition) is 1. The summed E-state index contributed by atoms with van der Waals surface area (Å²) in [6.07, 6.45) is 7.82. The first kappa shape index (κ1) is 13.5. The van der Waals surface area contributed by atoms with Crippen molar-refractivity contribution in [2.45, 2.75) is 58.0 Å². The van der Waals surface area contributed by atoms with Crippen molar-refractivity contribution in [2.24, 2.45) is 0 Å². The summed E-state index contributed by atoms with van der Waals surface area (Å²) in [6, 6.07) is 4.68. The molecule has 2 aliphatic carbocycles. The molecule has 3 heteroatoms. The van der Waals surface area contributed by atoms with E-state index in [0.29, 0.717) is 6.54 Å². The number of hydrogen-bond acceptors (Lipinski definition) is 2. The van der Waals surface area contributed by atoms with Crippen LogP contribution in [-0.4, -0.2) is 12.6 Å². The molecule has 1 aromatic rings. The fourth-order valence-corrected chi connectivity index (χ4v) is 3.44. The summed E-state index contributed by atoms with van der Waals surface area (Å²) in [5, 5.41) is 2.72. The minimum Gasteiger partial charge on any atom is -0.441 e. The van der Waals surface area contributed by atoms with Crippen LogP contribution in [0.3, 0.4) is 0 Å². The van der Waals surface area contributed by atoms with Gasteiger partial charge in [-0.3, -0.25) is 0 Å². The molecule has 1 amide bonds. The topological polar surface area (TPSA) is 38.3 Å². The summed E-state index contributed by atoms with van der Waals surface area (Å²) >= 11 is 0. The highest BCUT2D eigenvalue weighted by Gasteiger charge is 2.25. The standard InChI is InChI=1S/C17H23NO2/c1-2-18-17(19)20-16-9-5-8-14-10-12-6-3-4-7-13(12)11-15(14)16/h10-11,16H,2-9H2,1H3,(H,18,19). The van der Waals surface area contributed by atoms with E-state index in [4.69, 9.17) is 4.74 Å². The number of ether oxygens (including phenoxy) is 1. The highest BCUT2D eigenvalue weighted by molar-refractivity contribution is 5.67. The summed E-state index contributed by atoms with van der Waals surface area (Å²) in [4.78, 5) is 11.7. The van der Waals surface area contributed by atoms with Gasteiger partial charge >= 0.3 is 6.09 Å². The van der Waals surface area contributed by atoms with Gasteiger partial charge in [0.15, 0.2) is 0 Å². The average molecular weight is 273 g/mol. The number of nitrogens with one attached hydrogen (secondary N) is 1. The molecule has 0 saturated heterocycles. The molecule has 3 nitrogen and oxygen atoms in total. The lowest BCUT2D eigenvalue weighted by molar-refractivity contribution is 0.0878. The van der Waals surface area contributed by atoms with E-state index in [-0.39, 0.29) is 12.2 Å². The van der Waals surface area contributed by atoms with E-state index in [1.807, 2.05) is 6.92 Å². The predicted molar refractivity (Wildman–Crippen MR) is 78.9 cm³/mol. The smallest absolute Gasteiger partial charge is 0.407 e. The number of carbonyl (C=O) groups is 1. The number of aryl methyl sites for hydroxylation is 3. The van der Waals surface area contributed by atoms with Crippen LogP contribution in [0.25, 0.3) is 0 Å². The molecule has 0 fully saturated rings. The molecule has 0 heterocycles. The van der Waals surface area contributed by atoms with E-state index >= 15 is 0 Å². The van der Waals surface area contributed by atoms with Gasteiger partial charge in [0.05, 0.1) is 0 Å². The Bertz CT molecular complexity index is 510. The molecule has 20 heavy (non-hydrogen) atoms. The molecule has 0 aliphatic heterocycles. The van der Waals surface area contributed by atoms with Crippen LogP contribution in [0.5, 0.6) is 0 Å². The second-order valence-corrected chi connectivity index (χ2v) is 5.84. The van der Waals surface area contributed by atoms with Crippen LogP contribution in [0.1, 0.15) is 61.0 Å². The van der Waals surface area contributed by atoms with E-state index in [9.17, 15) is 4.79 Å². The van der Waals surface area contributed by atoms with Crippen molar-refractivity contribution in [2.75, 3.05) is 6.54 Å². The summed E-state index contributed by atoms with van der Waals surface area (Å²) in [5.41, 5.74) is 5.64. The number of alkyl carbamates (subject to hydrolysis) is 1. The van der Waals surface area contributed by atoms with Gasteiger partial charge < -0.3 is 10.1 Å². The van der Waals surface area contributed by atoms with E-state index in [1.165, 1.54) is 47.9 Å². The van der Waals surface area contributed by atoms with Crippen molar-refractivity contribution in [1.82, 2.24) is 5.32 Å². The van der Waals surface area contributed by atoms with E-state index in [2.05, 4.69) is 17.4 Å². The first-order chi connectivity index (χ1) is 9.78. The maximum Gasteiger partial charge on any atom is 0.407 e. The molecule has 0 bridgehead atoms. The Morgan fingerprint density at radius 2 is 1.85 bits per heavy atom. The van der Waals surface area contributed by atoms with Crippen molar-refractivity contribution < 1.29 is 9.53 Å². The monoisotopic (exact) mass is 273 g/mol. The highest BCUT2D eigenvalue weighted by atomic mass is 16.6. The van der Waals surface area contributed by atoms with Gasteiger partial charge in [0, 0.05) is 6.54 Å². The van der Waals surface area contributed by atoms with Gasteiger partial charge in [-0.05, 0) is 74.1 Å².